The van der Waals surface area contributed by atoms with Gasteiger partial charge in [0.1, 0.15) is 0 Å². The van der Waals surface area contributed by atoms with Crippen LogP contribution in [-0.2, 0) is 10.9 Å². The molecule has 1 aromatic carbocycles. The van der Waals surface area contributed by atoms with Crippen molar-refractivity contribution in [3.05, 3.63) is 34.9 Å². The van der Waals surface area contributed by atoms with Crippen molar-refractivity contribution < 1.29 is 17.9 Å². The first-order chi connectivity index (χ1) is 9.43. The van der Waals surface area contributed by atoms with Crippen molar-refractivity contribution in [1.29, 1.82) is 0 Å². The van der Waals surface area contributed by atoms with Crippen LogP contribution in [0.4, 0.5) is 13.2 Å². The summed E-state index contributed by atoms with van der Waals surface area (Å²) in [6, 6.07) is 3.97. The molecule has 1 aromatic rings. The summed E-state index contributed by atoms with van der Waals surface area (Å²) in [4.78, 5) is 0. The van der Waals surface area contributed by atoms with Crippen LogP contribution in [0.5, 0.6) is 0 Å². The number of benzene rings is 1. The van der Waals surface area contributed by atoms with Gasteiger partial charge < -0.3 is 4.74 Å². The molecule has 112 valence electrons. The summed E-state index contributed by atoms with van der Waals surface area (Å²) in [5.74, 6) is 0.421. The Morgan fingerprint density at radius 3 is 2.30 bits per heavy atom. The third kappa shape index (κ3) is 3.35. The van der Waals surface area contributed by atoms with E-state index >= 15 is 0 Å². The maximum Gasteiger partial charge on any atom is 0.416 e. The zero-order chi connectivity index (χ0) is 14.8. The number of ether oxygens (including phenoxy) is 1. The first-order valence-corrected chi connectivity index (χ1v) is 7.14. The Morgan fingerprint density at radius 2 is 1.80 bits per heavy atom. The Hall–Kier alpha value is -1.03. The summed E-state index contributed by atoms with van der Waals surface area (Å²) in [5.41, 5.74) is 0.974. The van der Waals surface area contributed by atoms with Crippen LogP contribution in [0.3, 0.4) is 0 Å². The van der Waals surface area contributed by atoms with E-state index in [0.29, 0.717) is 11.5 Å². The van der Waals surface area contributed by atoms with Gasteiger partial charge in [0, 0.05) is 7.11 Å². The molecule has 0 radical (unpaired) electrons. The van der Waals surface area contributed by atoms with E-state index in [4.69, 9.17) is 4.74 Å². The number of rotatable bonds is 3. The molecule has 1 saturated carbocycles. The Bertz CT molecular complexity index is 448. The van der Waals surface area contributed by atoms with E-state index in [2.05, 4.69) is 0 Å². The highest BCUT2D eigenvalue weighted by atomic mass is 19.4. The van der Waals surface area contributed by atoms with Crippen LogP contribution < -0.4 is 0 Å². The fourth-order valence-corrected chi connectivity index (χ4v) is 3.18. The van der Waals surface area contributed by atoms with Crippen LogP contribution in [0.2, 0.25) is 0 Å². The summed E-state index contributed by atoms with van der Waals surface area (Å²) in [6.45, 7) is 1.74. The first-order valence-electron chi connectivity index (χ1n) is 7.14. The van der Waals surface area contributed by atoms with Crippen molar-refractivity contribution in [3.8, 4) is 0 Å². The van der Waals surface area contributed by atoms with Gasteiger partial charge in [-0.1, -0.05) is 25.3 Å². The lowest BCUT2D eigenvalue weighted by molar-refractivity contribution is -0.137. The largest absolute Gasteiger partial charge is 0.416 e. The smallest absolute Gasteiger partial charge is 0.376 e. The molecule has 0 amide bonds. The number of alkyl halides is 3. The minimum absolute atomic E-state index is 0.0856. The second-order valence-corrected chi connectivity index (χ2v) is 5.62. The van der Waals surface area contributed by atoms with E-state index in [1.54, 1.807) is 20.1 Å². The Kier molecular flexibility index (Phi) is 4.74. The highest BCUT2D eigenvalue weighted by Gasteiger charge is 2.32. The third-order valence-corrected chi connectivity index (χ3v) is 4.24. The molecule has 0 N–H and O–H groups in total. The lowest BCUT2D eigenvalue weighted by atomic mass is 9.81. The van der Waals surface area contributed by atoms with E-state index in [0.717, 1.165) is 24.5 Å². The number of methoxy groups -OCH3 is 1. The van der Waals surface area contributed by atoms with Gasteiger partial charge in [-0.3, -0.25) is 0 Å². The van der Waals surface area contributed by atoms with Crippen molar-refractivity contribution in [2.45, 2.75) is 51.3 Å². The molecule has 4 heteroatoms. The molecule has 1 atom stereocenters. The van der Waals surface area contributed by atoms with Gasteiger partial charge in [-0.25, -0.2) is 0 Å². The minimum atomic E-state index is -4.28. The molecule has 0 saturated heterocycles. The van der Waals surface area contributed by atoms with Crippen molar-refractivity contribution in [1.82, 2.24) is 0 Å². The number of aryl methyl sites for hydroxylation is 1. The SMILES string of the molecule is CO[C@H](c1ccc(C(F)(F)F)cc1C)C1CCCCC1. The third-order valence-electron chi connectivity index (χ3n) is 4.24. The van der Waals surface area contributed by atoms with Gasteiger partial charge in [0.15, 0.2) is 0 Å². The van der Waals surface area contributed by atoms with E-state index < -0.39 is 11.7 Å². The summed E-state index contributed by atoms with van der Waals surface area (Å²) in [7, 11) is 1.65. The predicted molar refractivity (Wildman–Crippen MR) is 72.5 cm³/mol. The van der Waals surface area contributed by atoms with Gasteiger partial charge in [-0.2, -0.15) is 13.2 Å². The molecular weight excluding hydrogens is 265 g/mol. The van der Waals surface area contributed by atoms with E-state index in [1.165, 1.54) is 25.3 Å². The zero-order valence-electron chi connectivity index (χ0n) is 12.0. The van der Waals surface area contributed by atoms with Gasteiger partial charge in [0.2, 0.25) is 0 Å². The quantitative estimate of drug-likeness (QED) is 0.734. The van der Waals surface area contributed by atoms with Crippen molar-refractivity contribution in [3.63, 3.8) is 0 Å². The number of halogens is 3. The first kappa shape index (κ1) is 15.4. The molecule has 1 fully saturated rings. The second kappa shape index (κ2) is 6.17. The molecule has 0 aliphatic heterocycles. The van der Waals surface area contributed by atoms with Crippen LogP contribution in [0.15, 0.2) is 18.2 Å². The lowest BCUT2D eigenvalue weighted by Crippen LogP contribution is -2.19. The van der Waals surface area contributed by atoms with Gasteiger partial charge >= 0.3 is 6.18 Å². The minimum Gasteiger partial charge on any atom is -0.376 e. The highest BCUT2D eigenvalue weighted by molar-refractivity contribution is 5.34. The molecule has 0 bridgehead atoms. The van der Waals surface area contributed by atoms with Crippen molar-refractivity contribution in [2.24, 2.45) is 5.92 Å². The Labute approximate surface area is 118 Å². The maximum atomic E-state index is 12.7. The monoisotopic (exact) mass is 286 g/mol. The lowest BCUT2D eigenvalue weighted by Gasteiger charge is -2.30. The van der Waals surface area contributed by atoms with E-state index in [1.807, 2.05) is 0 Å². The molecule has 0 unspecified atom stereocenters. The molecule has 2 rings (SSSR count). The van der Waals surface area contributed by atoms with Crippen LogP contribution in [0.25, 0.3) is 0 Å². The fraction of sp³-hybridized carbons (Fsp3) is 0.625. The molecule has 1 aliphatic rings. The van der Waals surface area contributed by atoms with Gasteiger partial charge in [-0.05, 0) is 48.9 Å². The summed E-state index contributed by atoms with van der Waals surface area (Å²) >= 11 is 0. The van der Waals surface area contributed by atoms with Crippen LogP contribution in [0, 0.1) is 12.8 Å². The summed E-state index contributed by atoms with van der Waals surface area (Å²) in [6.07, 6.45) is 1.44. The van der Waals surface area contributed by atoms with Crippen LogP contribution >= 0.6 is 0 Å². The predicted octanol–water partition coefficient (Wildman–Crippen LogP) is 5.28. The van der Waals surface area contributed by atoms with Crippen LogP contribution in [-0.4, -0.2) is 7.11 Å². The molecule has 0 aromatic heterocycles. The van der Waals surface area contributed by atoms with Crippen molar-refractivity contribution >= 4 is 0 Å². The topological polar surface area (TPSA) is 9.23 Å². The summed E-state index contributed by atoms with van der Waals surface area (Å²) in [5, 5.41) is 0. The average molecular weight is 286 g/mol. The average Bonchev–Trinajstić information content (AvgIpc) is 2.41. The normalized spacial score (nSPS) is 19.1. The fourth-order valence-electron chi connectivity index (χ4n) is 3.18. The number of hydrogen-bond acceptors (Lipinski definition) is 1. The molecule has 1 nitrogen and oxygen atoms in total. The maximum absolute atomic E-state index is 12.7. The van der Waals surface area contributed by atoms with E-state index in [9.17, 15) is 13.2 Å². The van der Waals surface area contributed by atoms with Gasteiger partial charge in [-0.15, -0.1) is 0 Å². The molecular formula is C16H21F3O. The molecule has 20 heavy (non-hydrogen) atoms. The Balaban J connectivity index is 2.26. The Morgan fingerprint density at radius 1 is 1.15 bits per heavy atom. The van der Waals surface area contributed by atoms with Gasteiger partial charge in [0.05, 0.1) is 11.7 Å². The second-order valence-electron chi connectivity index (χ2n) is 5.62. The summed E-state index contributed by atoms with van der Waals surface area (Å²) < 4.78 is 43.7. The van der Waals surface area contributed by atoms with Gasteiger partial charge in [0.25, 0.3) is 0 Å². The molecule has 0 heterocycles. The standard InChI is InChI=1S/C16H21F3O/c1-11-10-13(16(17,18)19)8-9-14(11)15(20-2)12-6-4-3-5-7-12/h8-10,12,15H,3-7H2,1-2H3/t15-/m0/s1. The highest BCUT2D eigenvalue weighted by Crippen LogP contribution is 2.39. The zero-order valence-corrected chi connectivity index (χ0v) is 12.0. The van der Waals surface area contributed by atoms with E-state index in [-0.39, 0.29) is 6.10 Å². The molecule has 0 spiro atoms. The van der Waals surface area contributed by atoms with Crippen LogP contribution in [0.1, 0.15) is 54.9 Å². The molecule has 1 aliphatic carbocycles. The van der Waals surface area contributed by atoms with Crippen molar-refractivity contribution in [2.75, 3.05) is 7.11 Å². The number of hydrogen-bond donors (Lipinski definition) is 0.